The van der Waals surface area contributed by atoms with Crippen molar-refractivity contribution in [3.8, 4) is 0 Å². The minimum Gasteiger partial charge on any atom is -0.384 e. The molecule has 0 saturated heterocycles. The van der Waals surface area contributed by atoms with E-state index in [1.807, 2.05) is 0 Å². The number of benzene rings is 1. The Morgan fingerprint density at radius 1 is 1.23 bits per heavy atom. The van der Waals surface area contributed by atoms with Crippen molar-refractivity contribution in [2.45, 2.75) is 12.5 Å². The summed E-state index contributed by atoms with van der Waals surface area (Å²) in [6.07, 6.45) is 0. The summed E-state index contributed by atoms with van der Waals surface area (Å²) >= 11 is 5.79. The maximum atomic E-state index is 11.8. The summed E-state index contributed by atoms with van der Waals surface area (Å²) in [4.78, 5) is 0. The van der Waals surface area contributed by atoms with Crippen LogP contribution in [0.25, 0.3) is 0 Å². The van der Waals surface area contributed by atoms with Crippen LogP contribution in [0.5, 0.6) is 0 Å². The van der Waals surface area contributed by atoms with Crippen molar-refractivity contribution in [2.75, 3.05) is 39.2 Å². The third-order valence-electron chi connectivity index (χ3n) is 3.03. The highest BCUT2D eigenvalue weighted by Crippen LogP contribution is 2.21. The van der Waals surface area contributed by atoms with Gasteiger partial charge < -0.3 is 14.6 Å². The molecule has 0 aromatic heterocycles. The van der Waals surface area contributed by atoms with Crippen LogP contribution in [-0.4, -0.2) is 52.8 Å². The lowest BCUT2D eigenvalue weighted by Crippen LogP contribution is -2.40. The second kappa shape index (κ2) is 8.81. The van der Waals surface area contributed by atoms with E-state index in [1.54, 1.807) is 31.4 Å². The largest absolute Gasteiger partial charge is 0.384 e. The Balaban J connectivity index is 2.47. The van der Waals surface area contributed by atoms with Crippen molar-refractivity contribution in [3.05, 3.63) is 34.9 Å². The van der Waals surface area contributed by atoms with Gasteiger partial charge in [0.1, 0.15) is 5.60 Å². The lowest BCUT2D eigenvalue weighted by Gasteiger charge is -2.24. The molecule has 0 radical (unpaired) electrons. The number of ether oxygens (including phenoxy) is 2. The Morgan fingerprint density at radius 2 is 1.86 bits per heavy atom. The highest BCUT2D eigenvalue weighted by molar-refractivity contribution is 7.89. The zero-order valence-electron chi connectivity index (χ0n) is 12.7. The third-order valence-corrected chi connectivity index (χ3v) is 4.57. The standard InChI is InChI=1S/C14H22ClNO5S/c1-14(17,12-3-5-13(15)6-4-12)11-16-22(18,19)10-9-21-8-7-20-2/h3-6,16-17H,7-11H2,1-2H3. The Kier molecular flexibility index (Phi) is 7.75. The fraction of sp³-hybridized carbons (Fsp3) is 0.571. The van der Waals surface area contributed by atoms with Gasteiger partial charge in [0.15, 0.2) is 0 Å². The summed E-state index contributed by atoms with van der Waals surface area (Å²) < 4.78 is 36.0. The minimum atomic E-state index is -3.52. The van der Waals surface area contributed by atoms with Gasteiger partial charge in [-0.25, -0.2) is 13.1 Å². The average molecular weight is 352 g/mol. The lowest BCUT2D eigenvalue weighted by molar-refractivity contribution is 0.0624. The Hall–Kier alpha value is -0.700. The van der Waals surface area contributed by atoms with Gasteiger partial charge in [0.05, 0.1) is 25.6 Å². The summed E-state index contributed by atoms with van der Waals surface area (Å²) in [7, 11) is -1.98. The molecule has 22 heavy (non-hydrogen) atoms. The number of methoxy groups -OCH3 is 1. The smallest absolute Gasteiger partial charge is 0.213 e. The molecule has 0 fully saturated rings. The highest BCUT2D eigenvalue weighted by atomic mass is 35.5. The molecule has 1 aromatic carbocycles. The first-order chi connectivity index (χ1) is 10.3. The molecule has 0 aliphatic rings. The van der Waals surface area contributed by atoms with E-state index in [-0.39, 0.29) is 18.9 Å². The van der Waals surface area contributed by atoms with Gasteiger partial charge in [-0.3, -0.25) is 0 Å². The molecule has 126 valence electrons. The van der Waals surface area contributed by atoms with E-state index in [4.69, 9.17) is 21.1 Å². The molecule has 8 heteroatoms. The summed E-state index contributed by atoms with van der Waals surface area (Å²) in [5.74, 6) is -0.173. The predicted octanol–water partition coefficient (Wildman–Crippen LogP) is 1.13. The van der Waals surface area contributed by atoms with Crippen molar-refractivity contribution in [1.29, 1.82) is 0 Å². The lowest BCUT2D eigenvalue weighted by atomic mass is 9.97. The molecule has 1 unspecified atom stereocenters. The van der Waals surface area contributed by atoms with Gasteiger partial charge in [-0.05, 0) is 24.6 Å². The monoisotopic (exact) mass is 351 g/mol. The topological polar surface area (TPSA) is 84.9 Å². The van der Waals surface area contributed by atoms with E-state index in [2.05, 4.69) is 4.72 Å². The fourth-order valence-electron chi connectivity index (χ4n) is 1.65. The first-order valence-electron chi connectivity index (χ1n) is 6.79. The number of aliphatic hydroxyl groups is 1. The van der Waals surface area contributed by atoms with E-state index >= 15 is 0 Å². The average Bonchev–Trinajstić information content (AvgIpc) is 2.46. The molecule has 0 spiro atoms. The van der Waals surface area contributed by atoms with Gasteiger partial charge in [-0.1, -0.05) is 23.7 Å². The van der Waals surface area contributed by atoms with Crippen molar-refractivity contribution in [2.24, 2.45) is 0 Å². The van der Waals surface area contributed by atoms with E-state index < -0.39 is 15.6 Å². The third kappa shape index (κ3) is 7.04. The maximum absolute atomic E-state index is 11.8. The van der Waals surface area contributed by atoms with E-state index in [0.717, 1.165) is 0 Å². The Labute approximate surface area is 136 Å². The molecule has 0 aliphatic carbocycles. The quantitative estimate of drug-likeness (QED) is 0.617. The normalized spacial score (nSPS) is 14.7. The van der Waals surface area contributed by atoms with Gasteiger partial charge in [-0.15, -0.1) is 0 Å². The van der Waals surface area contributed by atoms with Gasteiger partial charge in [0.25, 0.3) is 0 Å². The molecular formula is C14H22ClNO5S. The highest BCUT2D eigenvalue weighted by Gasteiger charge is 2.25. The maximum Gasteiger partial charge on any atom is 0.213 e. The van der Waals surface area contributed by atoms with Crippen LogP contribution in [0.1, 0.15) is 12.5 Å². The number of hydrogen-bond acceptors (Lipinski definition) is 5. The number of rotatable bonds is 10. The van der Waals surface area contributed by atoms with E-state index in [9.17, 15) is 13.5 Å². The first kappa shape index (κ1) is 19.3. The van der Waals surface area contributed by atoms with Crippen molar-refractivity contribution >= 4 is 21.6 Å². The van der Waals surface area contributed by atoms with Crippen LogP contribution in [0.3, 0.4) is 0 Å². The van der Waals surface area contributed by atoms with Crippen LogP contribution in [0.2, 0.25) is 5.02 Å². The van der Waals surface area contributed by atoms with Gasteiger partial charge in [-0.2, -0.15) is 0 Å². The molecule has 0 aliphatic heterocycles. The Bertz CT molecular complexity index is 545. The zero-order chi connectivity index (χ0) is 16.6. The molecule has 1 rings (SSSR count). The molecule has 1 atom stereocenters. The molecule has 6 nitrogen and oxygen atoms in total. The van der Waals surface area contributed by atoms with Crippen LogP contribution in [-0.2, 0) is 25.1 Å². The van der Waals surface area contributed by atoms with E-state index in [1.165, 1.54) is 6.92 Å². The zero-order valence-corrected chi connectivity index (χ0v) is 14.3. The van der Waals surface area contributed by atoms with Crippen LogP contribution >= 0.6 is 11.6 Å². The minimum absolute atomic E-state index is 0.0712. The second-order valence-electron chi connectivity index (χ2n) is 5.03. The second-order valence-corrected chi connectivity index (χ2v) is 7.39. The summed E-state index contributed by atoms with van der Waals surface area (Å²) in [6.45, 7) is 2.23. The summed E-state index contributed by atoms with van der Waals surface area (Å²) in [6, 6.07) is 6.60. The van der Waals surface area contributed by atoms with E-state index in [0.29, 0.717) is 23.8 Å². The van der Waals surface area contributed by atoms with Crippen molar-refractivity contribution in [1.82, 2.24) is 4.72 Å². The Morgan fingerprint density at radius 3 is 2.45 bits per heavy atom. The first-order valence-corrected chi connectivity index (χ1v) is 8.82. The van der Waals surface area contributed by atoms with Crippen molar-refractivity contribution < 1.29 is 23.0 Å². The molecular weight excluding hydrogens is 330 g/mol. The van der Waals surface area contributed by atoms with Crippen molar-refractivity contribution in [3.63, 3.8) is 0 Å². The number of hydrogen-bond donors (Lipinski definition) is 2. The number of nitrogens with one attached hydrogen (secondary N) is 1. The number of sulfonamides is 1. The molecule has 1 aromatic rings. The van der Waals surface area contributed by atoms with Gasteiger partial charge >= 0.3 is 0 Å². The molecule has 0 amide bonds. The van der Waals surface area contributed by atoms with Gasteiger partial charge in [0.2, 0.25) is 10.0 Å². The van der Waals surface area contributed by atoms with Crippen LogP contribution in [0, 0.1) is 0 Å². The van der Waals surface area contributed by atoms with Gasteiger partial charge in [0, 0.05) is 18.7 Å². The van der Waals surface area contributed by atoms with Crippen LogP contribution in [0.4, 0.5) is 0 Å². The van der Waals surface area contributed by atoms with Crippen LogP contribution < -0.4 is 4.72 Å². The molecule has 0 bridgehead atoms. The summed E-state index contributed by atoms with van der Waals surface area (Å²) in [5, 5.41) is 10.9. The molecule has 0 saturated carbocycles. The SMILES string of the molecule is COCCOCCS(=O)(=O)NCC(C)(O)c1ccc(Cl)cc1. The predicted molar refractivity (Wildman–Crippen MR) is 85.5 cm³/mol. The molecule has 2 N–H and O–H groups in total. The number of halogens is 1. The fourth-order valence-corrected chi connectivity index (χ4v) is 2.76. The van der Waals surface area contributed by atoms with Crippen LogP contribution in [0.15, 0.2) is 24.3 Å². The summed E-state index contributed by atoms with van der Waals surface area (Å²) in [5.41, 5.74) is -0.745. The molecule has 0 heterocycles.